The molecule has 0 bridgehead atoms. The van der Waals surface area contributed by atoms with Crippen LogP contribution in [0.25, 0.3) is 10.9 Å². The number of para-hydroxylation sites is 1. The topological polar surface area (TPSA) is 81.2 Å². The lowest BCUT2D eigenvalue weighted by Gasteiger charge is -2.13. The first-order valence-electron chi connectivity index (χ1n) is 7.31. The fourth-order valence-electron chi connectivity index (χ4n) is 2.17. The van der Waals surface area contributed by atoms with E-state index in [-0.39, 0.29) is 11.6 Å². The Bertz CT molecular complexity index is 907. The number of amides is 1. The third kappa shape index (κ3) is 3.57. The predicted molar refractivity (Wildman–Crippen MR) is 92.0 cm³/mol. The number of hydrogen-bond acceptors (Lipinski definition) is 6. The lowest BCUT2D eigenvalue weighted by atomic mass is 10.1. The molecule has 0 saturated heterocycles. The van der Waals surface area contributed by atoms with Gasteiger partial charge in [0.05, 0.1) is 5.52 Å². The van der Waals surface area contributed by atoms with E-state index in [1.165, 1.54) is 18.3 Å². The zero-order valence-electron chi connectivity index (χ0n) is 13.1. The second-order valence-electron chi connectivity index (χ2n) is 5.23. The van der Waals surface area contributed by atoms with E-state index in [2.05, 4.69) is 15.3 Å². The summed E-state index contributed by atoms with van der Waals surface area (Å²) in [6.07, 6.45) is 1.24. The second kappa shape index (κ2) is 6.76. The van der Waals surface area contributed by atoms with Crippen molar-refractivity contribution < 1.29 is 14.3 Å². The Morgan fingerprint density at radius 3 is 2.88 bits per heavy atom. The van der Waals surface area contributed by atoms with Gasteiger partial charge in [-0.2, -0.15) is 0 Å². The fourth-order valence-corrected chi connectivity index (χ4v) is 2.90. The fraction of sp³-hybridized carbons (Fsp3) is 0.176. The van der Waals surface area contributed by atoms with Crippen molar-refractivity contribution in [3.8, 4) is 0 Å². The normalized spacial score (nSPS) is 11.9. The van der Waals surface area contributed by atoms with Crippen LogP contribution in [0, 0.1) is 0 Å². The number of rotatable bonds is 4. The standard InChI is InChI=1S/C17H15N3O3S/c1-10(13-7-12-5-3-4-6-14(12)18-8-13)23-16(22)15-9-24-17(20-15)19-11(2)21/h3-10H,1-2H3,(H,19,20,21). The molecule has 0 spiro atoms. The van der Waals surface area contributed by atoms with Gasteiger partial charge in [-0.25, -0.2) is 9.78 Å². The highest BCUT2D eigenvalue weighted by Gasteiger charge is 2.17. The second-order valence-corrected chi connectivity index (χ2v) is 6.09. The minimum atomic E-state index is -0.538. The quantitative estimate of drug-likeness (QED) is 0.734. The van der Waals surface area contributed by atoms with E-state index in [4.69, 9.17) is 4.74 Å². The van der Waals surface area contributed by atoms with Crippen LogP contribution in [0.2, 0.25) is 0 Å². The van der Waals surface area contributed by atoms with E-state index in [0.29, 0.717) is 5.13 Å². The van der Waals surface area contributed by atoms with Crippen LogP contribution in [-0.4, -0.2) is 21.8 Å². The summed E-state index contributed by atoms with van der Waals surface area (Å²) >= 11 is 1.17. The summed E-state index contributed by atoms with van der Waals surface area (Å²) in [6.45, 7) is 3.17. The molecule has 122 valence electrons. The average Bonchev–Trinajstić information content (AvgIpc) is 3.02. The maximum Gasteiger partial charge on any atom is 0.358 e. The predicted octanol–water partition coefficient (Wildman–Crippen LogP) is 3.57. The summed E-state index contributed by atoms with van der Waals surface area (Å²) in [5, 5.41) is 5.45. The van der Waals surface area contributed by atoms with Crippen LogP contribution in [0.5, 0.6) is 0 Å². The third-order valence-electron chi connectivity index (χ3n) is 3.36. The molecular formula is C17H15N3O3S. The van der Waals surface area contributed by atoms with Gasteiger partial charge in [0.2, 0.25) is 5.91 Å². The highest BCUT2D eigenvalue weighted by Crippen LogP contribution is 2.23. The summed E-state index contributed by atoms with van der Waals surface area (Å²) in [6, 6.07) is 9.69. The zero-order chi connectivity index (χ0) is 17.1. The molecule has 0 aliphatic heterocycles. The van der Waals surface area contributed by atoms with E-state index in [9.17, 15) is 9.59 Å². The molecule has 1 atom stereocenters. The van der Waals surface area contributed by atoms with E-state index >= 15 is 0 Å². The van der Waals surface area contributed by atoms with Crippen LogP contribution in [0.1, 0.15) is 36.0 Å². The number of esters is 1. The highest BCUT2D eigenvalue weighted by molar-refractivity contribution is 7.14. The molecule has 3 rings (SSSR count). The summed E-state index contributed by atoms with van der Waals surface area (Å²) in [4.78, 5) is 31.6. The maximum absolute atomic E-state index is 12.2. The molecule has 1 N–H and O–H groups in total. The van der Waals surface area contributed by atoms with E-state index < -0.39 is 12.1 Å². The van der Waals surface area contributed by atoms with Gasteiger partial charge < -0.3 is 10.1 Å². The van der Waals surface area contributed by atoms with Crippen LogP contribution < -0.4 is 5.32 Å². The first-order chi connectivity index (χ1) is 11.5. The summed E-state index contributed by atoms with van der Waals surface area (Å²) in [5.41, 5.74) is 1.86. The Morgan fingerprint density at radius 2 is 2.08 bits per heavy atom. The molecule has 6 nitrogen and oxygen atoms in total. The number of nitrogens with zero attached hydrogens (tertiary/aromatic N) is 2. The molecule has 0 radical (unpaired) electrons. The molecule has 1 aromatic carbocycles. The average molecular weight is 341 g/mol. The van der Waals surface area contributed by atoms with Crippen LogP contribution in [0.15, 0.2) is 41.9 Å². The minimum Gasteiger partial charge on any atom is -0.453 e. The van der Waals surface area contributed by atoms with Crippen molar-refractivity contribution in [3.63, 3.8) is 0 Å². The number of carbonyl (C=O) groups excluding carboxylic acids is 2. The maximum atomic E-state index is 12.2. The van der Waals surface area contributed by atoms with Gasteiger partial charge in [-0.1, -0.05) is 18.2 Å². The molecule has 7 heteroatoms. The van der Waals surface area contributed by atoms with Gasteiger partial charge in [0.1, 0.15) is 6.10 Å². The van der Waals surface area contributed by atoms with E-state index in [1.807, 2.05) is 30.3 Å². The number of ether oxygens (including phenoxy) is 1. The summed E-state index contributed by atoms with van der Waals surface area (Å²) < 4.78 is 5.44. The van der Waals surface area contributed by atoms with Crippen LogP contribution in [0.3, 0.4) is 0 Å². The number of nitrogens with one attached hydrogen (secondary N) is 1. The molecule has 1 amide bonds. The first kappa shape index (κ1) is 16.1. The molecule has 0 fully saturated rings. The molecule has 3 aromatic rings. The van der Waals surface area contributed by atoms with Gasteiger partial charge in [-0.3, -0.25) is 9.78 Å². The van der Waals surface area contributed by atoms with Gasteiger partial charge in [-0.05, 0) is 19.1 Å². The Kier molecular flexibility index (Phi) is 4.52. The first-order valence-corrected chi connectivity index (χ1v) is 8.19. The van der Waals surface area contributed by atoms with Crippen molar-refractivity contribution >= 4 is 39.2 Å². The lowest BCUT2D eigenvalue weighted by Crippen LogP contribution is -2.11. The van der Waals surface area contributed by atoms with Gasteiger partial charge in [0.25, 0.3) is 0 Å². The number of benzene rings is 1. The van der Waals surface area contributed by atoms with Crippen molar-refractivity contribution in [2.75, 3.05) is 5.32 Å². The minimum absolute atomic E-state index is 0.171. The highest BCUT2D eigenvalue weighted by atomic mass is 32.1. The number of aromatic nitrogens is 2. The van der Waals surface area contributed by atoms with Crippen molar-refractivity contribution in [3.05, 3.63) is 53.2 Å². The van der Waals surface area contributed by atoms with Crippen LogP contribution >= 0.6 is 11.3 Å². The van der Waals surface area contributed by atoms with Crippen molar-refractivity contribution in [2.24, 2.45) is 0 Å². The number of carbonyl (C=O) groups is 2. The number of fused-ring (bicyclic) bond motifs is 1. The molecular weight excluding hydrogens is 326 g/mol. The van der Waals surface area contributed by atoms with Crippen LogP contribution in [-0.2, 0) is 9.53 Å². The summed E-state index contributed by atoms with van der Waals surface area (Å²) in [7, 11) is 0. The molecule has 0 aliphatic rings. The van der Waals surface area contributed by atoms with E-state index in [1.54, 1.807) is 18.5 Å². The molecule has 0 saturated carbocycles. The Hall–Kier alpha value is -2.80. The number of thiazole rings is 1. The van der Waals surface area contributed by atoms with Gasteiger partial charge in [0, 0.05) is 29.5 Å². The number of hydrogen-bond donors (Lipinski definition) is 1. The molecule has 2 heterocycles. The summed E-state index contributed by atoms with van der Waals surface area (Å²) in [5.74, 6) is -0.775. The molecule has 0 aliphatic carbocycles. The monoisotopic (exact) mass is 341 g/mol. The van der Waals surface area contributed by atoms with Gasteiger partial charge in [-0.15, -0.1) is 11.3 Å². The number of anilines is 1. The van der Waals surface area contributed by atoms with E-state index in [0.717, 1.165) is 16.5 Å². The smallest absolute Gasteiger partial charge is 0.358 e. The molecule has 2 aromatic heterocycles. The number of pyridine rings is 1. The third-order valence-corrected chi connectivity index (χ3v) is 4.12. The molecule has 24 heavy (non-hydrogen) atoms. The lowest BCUT2D eigenvalue weighted by molar-refractivity contribution is -0.114. The molecule has 1 unspecified atom stereocenters. The van der Waals surface area contributed by atoms with Crippen molar-refractivity contribution in [2.45, 2.75) is 20.0 Å². The largest absolute Gasteiger partial charge is 0.453 e. The van der Waals surface area contributed by atoms with Crippen LogP contribution in [0.4, 0.5) is 5.13 Å². The SMILES string of the molecule is CC(=O)Nc1nc(C(=O)OC(C)c2cnc3ccccc3c2)cs1. The Labute approximate surface area is 142 Å². The van der Waals surface area contributed by atoms with Gasteiger partial charge in [0.15, 0.2) is 10.8 Å². The van der Waals surface area contributed by atoms with Crippen molar-refractivity contribution in [1.29, 1.82) is 0 Å². The Morgan fingerprint density at radius 1 is 1.29 bits per heavy atom. The Balaban J connectivity index is 1.72. The zero-order valence-corrected chi connectivity index (χ0v) is 14.0. The van der Waals surface area contributed by atoms with Crippen molar-refractivity contribution in [1.82, 2.24) is 9.97 Å². The van der Waals surface area contributed by atoms with Gasteiger partial charge >= 0.3 is 5.97 Å².